The molecule has 1 amide bonds. The minimum atomic E-state index is 0.000175. The van der Waals surface area contributed by atoms with Crippen LogP contribution in [0.5, 0.6) is 0 Å². The van der Waals surface area contributed by atoms with Crippen LogP contribution in [0.15, 0.2) is 42.7 Å². The third-order valence-corrected chi connectivity index (χ3v) is 3.31. The van der Waals surface area contributed by atoms with Crippen LogP contribution in [0.2, 0.25) is 0 Å². The fraction of sp³-hybridized carbons (Fsp3) is 0.312. The first kappa shape index (κ1) is 14.2. The molecule has 0 radical (unpaired) electrons. The van der Waals surface area contributed by atoms with Crippen molar-refractivity contribution < 1.29 is 4.79 Å². The zero-order valence-corrected chi connectivity index (χ0v) is 12.0. The molecule has 0 saturated heterocycles. The van der Waals surface area contributed by atoms with Crippen molar-refractivity contribution in [2.45, 2.75) is 20.3 Å². The lowest BCUT2D eigenvalue weighted by Gasteiger charge is -2.21. The van der Waals surface area contributed by atoms with Crippen molar-refractivity contribution in [1.82, 2.24) is 4.98 Å². The van der Waals surface area contributed by atoms with Gasteiger partial charge in [0, 0.05) is 36.9 Å². The second kappa shape index (κ2) is 6.80. The second-order valence-corrected chi connectivity index (χ2v) is 4.66. The zero-order valence-electron chi connectivity index (χ0n) is 12.0. The van der Waals surface area contributed by atoms with Gasteiger partial charge in [0.2, 0.25) is 5.91 Å². The number of hydrogen-bond donors (Lipinski definition) is 2. The van der Waals surface area contributed by atoms with Gasteiger partial charge in [-0.3, -0.25) is 4.79 Å². The van der Waals surface area contributed by atoms with Crippen molar-refractivity contribution in [2.75, 3.05) is 23.3 Å². The molecule has 2 aromatic rings. The molecule has 0 atom stereocenters. The number of hydrogen-bond acceptors (Lipinski definition) is 2. The summed E-state index contributed by atoms with van der Waals surface area (Å²) in [5.41, 5.74) is 3.00. The van der Waals surface area contributed by atoms with Crippen LogP contribution in [0.25, 0.3) is 0 Å². The molecule has 20 heavy (non-hydrogen) atoms. The molecule has 1 heterocycles. The highest BCUT2D eigenvalue weighted by Gasteiger charge is 2.05. The summed E-state index contributed by atoms with van der Waals surface area (Å²) in [6.45, 7) is 6.23. The number of anilines is 2. The molecule has 0 fully saturated rings. The predicted octanol–water partition coefficient (Wildman–Crippen LogP) is 3.04. The Morgan fingerprint density at radius 3 is 2.40 bits per heavy atom. The van der Waals surface area contributed by atoms with E-state index in [2.05, 4.69) is 29.0 Å². The Morgan fingerprint density at radius 1 is 1.15 bits per heavy atom. The largest absolute Gasteiger partial charge is 0.372 e. The van der Waals surface area contributed by atoms with Gasteiger partial charge >= 0.3 is 0 Å². The topological polar surface area (TPSA) is 48.1 Å². The molecule has 4 nitrogen and oxygen atoms in total. The quantitative estimate of drug-likeness (QED) is 0.848. The van der Waals surface area contributed by atoms with Gasteiger partial charge in [0.15, 0.2) is 0 Å². The Morgan fingerprint density at radius 2 is 1.85 bits per heavy atom. The van der Waals surface area contributed by atoms with E-state index in [4.69, 9.17) is 0 Å². The summed E-state index contributed by atoms with van der Waals surface area (Å²) in [7, 11) is 0. The fourth-order valence-corrected chi connectivity index (χ4v) is 2.20. The molecule has 0 bridgehead atoms. The van der Waals surface area contributed by atoms with E-state index in [9.17, 15) is 4.79 Å². The monoisotopic (exact) mass is 271 g/mol. The molecule has 2 N–H and O–H groups in total. The first-order chi connectivity index (χ1) is 9.72. The van der Waals surface area contributed by atoms with Gasteiger partial charge in [-0.25, -0.2) is 0 Å². The van der Waals surface area contributed by atoms with Gasteiger partial charge < -0.3 is 15.2 Å². The maximum atomic E-state index is 11.9. The third kappa shape index (κ3) is 3.63. The summed E-state index contributed by atoms with van der Waals surface area (Å²) >= 11 is 0. The van der Waals surface area contributed by atoms with E-state index in [0.29, 0.717) is 6.42 Å². The van der Waals surface area contributed by atoms with E-state index in [1.54, 1.807) is 0 Å². The molecule has 0 aliphatic heterocycles. The first-order valence-corrected chi connectivity index (χ1v) is 6.99. The minimum Gasteiger partial charge on any atom is -0.372 e. The van der Waals surface area contributed by atoms with Crippen molar-refractivity contribution in [3.05, 3.63) is 48.3 Å². The van der Waals surface area contributed by atoms with Gasteiger partial charge in [-0.15, -0.1) is 0 Å². The van der Waals surface area contributed by atoms with E-state index in [-0.39, 0.29) is 5.91 Å². The molecule has 2 rings (SSSR count). The Hall–Kier alpha value is -2.23. The van der Waals surface area contributed by atoms with Crippen LogP contribution < -0.4 is 10.2 Å². The van der Waals surface area contributed by atoms with Crippen LogP contribution in [-0.4, -0.2) is 24.0 Å². The van der Waals surface area contributed by atoms with E-state index in [0.717, 1.165) is 24.3 Å². The highest BCUT2D eigenvalue weighted by Crippen LogP contribution is 2.17. The smallest absolute Gasteiger partial charge is 0.228 e. The van der Waals surface area contributed by atoms with Crippen LogP contribution in [0.3, 0.4) is 0 Å². The average Bonchev–Trinajstić information content (AvgIpc) is 2.94. The summed E-state index contributed by atoms with van der Waals surface area (Å²) in [5, 5.41) is 2.91. The number of carbonyl (C=O) groups is 1. The van der Waals surface area contributed by atoms with Crippen molar-refractivity contribution in [3.8, 4) is 0 Å². The summed E-state index contributed by atoms with van der Waals surface area (Å²) in [5.74, 6) is 0.000175. The molecule has 1 aromatic carbocycles. The van der Waals surface area contributed by atoms with Crippen LogP contribution in [0, 0.1) is 0 Å². The van der Waals surface area contributed by atoms with Gasteiger partial charge in [-0.1, -0.05) is 0 Å². The number of carbonyl (C=O) groups excluding carboxylic acids is 1. The molecule has 0 aliphatic carbocycles. The molecule has 4 heteroatoms. The summed E-state index contributed by atoms with van der Waals surface area (Å²) in [6, 6.07) is 9.88. The lowest BCUT2D eigenvalue weighted by molar-refractivity contribution is -0.115. The van der Waals surface area contributed by atoms with Crippen molar-refractivity contribution >= 4 is 17.3 Å². The molecular weight excluding hydrogens is 250 g/mol. The Labute approximate surface area is 119 Å². The SMILES string of the molecule is CCN(CC)c1ccc(NC(=O)Cc2cc[nH]c2)cc1. The molecule has 1 aromatic heterocycles. The number of nitrogens with zero attached hydrogens (tertiary/aromatic N) is 1. The van der Waals surface area contributed by atoms with Gasteiger partial charge in [0.05, 0.1) is 6.42 Å². The van der Waals surface area contributed by atoms with E-state index in [1.165, 1.54) is 5.69 Å². The summed E-state index contributed by atoms with van der Waals surface area (Å²) < 4.78 is 0. The molecule has 0 unspecified atom stereocenters. The molecule has 0 aliphatic rings. The first-order valence-electron chi connectivity index (χ1n) is 6.99. The number of H-pyrrole nitrogens is 1. The maximum Gasteiger partial charge on any atom is 0.228 e. The third-order valence-electron chi connectivity index (χ3n) is 3.31. The van der Waals surface area contributed by atoms with Gasteiger partial charge in [-0.2, -0.15) is 0 Å². The molecular formula is C16H21N3O. The number of benzene rings is 1. The van der Waals surface area contributed by atoms with E-state index in [1.807, 2.05) is 42.7 Å². The average molecular weight is 271 g/mol. The zero-order chi connectivity index (χ0) is 14.4. The second-order valence-electron chi connectivity index (χ2n) is 4.66. The minimum absolute atomic E-state index is 0.000175. The fourth-order valence-electron chi connectivity index (χ4n) is 2.20. The number of aromatic amines is 1. The maximum absolute atomic E-state index is 11.9. The van der Waals surface area contributed by atoms with E-state index < -0.39 is 0 Å². The lowest BCUT2D eigenvalue weighted by Crippen LogP contribution is -2.21. The standard InChI is InChI=1S/C16H21N3O/c1-3-19(4-2)15-7-5-14(6-8-15)18-16(20)11-13-9-10-17-12-13/h5-10,12,17H,3-4,11H2,1-2H3,(H,18,20). The Balaban J connectivity index is 1.95. The number of aromatic nitrogens is 1. The highest BCUT2D eigenvalue weighted by atomic mass is 16.1. The summed E-state index contributed by atoms with van der Waals surface area (Å²) in [4.78, 5) is 17.1. The van der Waals surface area contributed by atoms with E-state index >= 15 is 0 Å². The van der Waals surface area contributed by atoms with Gasteiger partial charge in [0.25, 0.3) is 0 Å². The Kier molecular flexibility index (Phi) is 4.82. The van der Waals surface area contributed by atoms with Crippen molar-refractivity contribution in [2.24, 2.45) is 0 Å². The van der Waals surface area contributed by atoms with Gasteiger partial charge in [0.1, 0.15) is 0 Å². The molecule has 0 spiro atoms. The van der Waals surface area contributed by atoms with Crippen molar-refractivity contribution in [3.63, 3.8) is 0 Å². The highest BCUT2D eigenvalue weighted by molar-refractivity contribution is 5.92. The molecule has 106 valence electrons. The van der Waals surface area contributed by atoms with Crippen LogP contribution in [0.4, 0.5) is 11.4 Å². The lowest BCUT2D eigenvalue weighted by atomic mass is 10.2. The number of amides is 1. The molecule has 0 saturated carbocycles. The van der Waals surface area contributed by atoms with Crippen molar-refractivity contribution in [1.29, 1.82) is 0 Å². The van der Waals surface area contributed by atoms with Crippen LogP contribution >= 0.6 is 0 Å². The number of nitrogens with one attached hydrogen (secondary N) is 2. The Bertz CT molecular complexity index is 527. The predicted molar refractivity (Wildman–Crippen MR) is 83.1 cm³/mol. The van der Waals surface area contributed by atoms with Crippen LogP contribution in [-0.2, 0) is 11.2 Å². The van der Waals surface area contributed by atoms with Gasteiger partial charge in [-0.05, 0) is 49.7 Å². The normalized spacial score (nSPS) is 10.3. The van der Waals surface area contributed by atoms with Crippen LogP contribution in [0.1, 0.15) is 19.4 Å². The number of rotatable bonds is 6. The summed E-state index contributed by atoms with van der Waals surface area (Å²) in [6.07, 6.45) is 4.05.